The minimum atomic E-state index is -0.127. The number of aryl methyl sites for hydroxylation is 1. The lowest BCUT2D eigenvalue weighted by atomic mass is 9.76. The maximum absolute atomic E-state index is 13.1. The van der Waals surface area contributed by atoms with Gasteiger partial charge in [0.2, 0.25) is 0 Å². The first-order valence-corrected chi connectivity index (χ1v) is 7.28. The highest BCUT2D eigenvalue weighted by molar-refractivity contribution is 5.23. The first-order valence-electron chi connectivity index (χ1n) is 7.28. The van der Waals surface area contributed by atoms with Crippen molar-refractivity contribution in [2.45, 2.75) is 37.6 Å². The molecular weight excluding hydrogens is 253 g/mol. The van der Waals surface area contributed by atoms with Crippen LogP contribution < -0.4 is 5.32 Å². The average Bonchev–Trinajstić information content (AvgIpc) is 2.89. The van der Waals surface area contributed by atoms with Crippen LogP contribution in [-0.4, -0.2) is 22.6 Å². The second kappa shape index (κ2) is 6.18. The predicted octanol–water partition coefficient (Wildman–Crippen LogP) is 3.02. The second-order valence-corrected chi connectivity index (χ2v) is 5.51. The molecule has 1 saturated carbocycles. The number of nitrogens with zero attached hydrogens (tertiary/aromatic N) is 1. The summed E-state index contributed by atoms with van der Waals surface area (Å²) in [5.41, 5.74) is 1.14. The van der Waals surface area contributed by atoms with Gasteiger partial charge in [-0.1, -0.05) is 12.1 Å². The highest BCUT2D eigenvalue weighted by atomic mass is 19.1. The lowest BCUT2D eigenvalue weighted by Crippen LogP contribution is -2.40. The van der Waals surface area contributed by atoms with Gasteiger partial charge >= 0.3 is 0 Å². The van der Waals surface area contributed by atoms with Gasteiger partial charge in [0.15, 0.2) is 0 Å². The molecule has 4 heteroatoms. The van der Waals surface area contributed by atoms with E-state index in [4.69, 9.17) is 0 Å². The second-order valence-electron chi connectivity index (χ2n) is 5.51. The van der Waals surface area contributed by atoms with Gasteiger partial charge in [0.1, 0.15) is 11.6 Å². The summed E-state index contributed by atoms with van der Waals surface area (Å²) in [7, 11) is 0. The molecule has 1 aromatic heterocycles. The van der Waals surface area contributed by atoms with Crippen molar-refractivity contribution >= 4 is 0 Å². The van der Waals surface area contributed by atoms with Gasteiger partial charge in [0, 0.05) is 24.9 Å². The Morgan fingerprint density at radius 3 is 3.00 bits per heavy atom. The van der Waals surface area contributed by atoms with Crippen molar-refractivity contribution in [2.75, 3.05) is 6.54 Å². The van der Waals surface area contributed by atoms with Crippen molar-refractivity contribution in [1.29, 1.82) is 0 Å². The van der Waals surface area contributed by atoms with Crippen molar-refractivity contribution in [3.05, 3.63) is 53.9 Å². The fourth-order valence-electron chi connectivity index (χ4n) is 2.81. The molecule has 20 heavy (non-hydrogen) atoms. The van der Waals surface area contributed by atoms with Gasteiger partial charge in [0.05, 0.1) is 0 Å². The Balaban J connectivity index is 1.34. The summed E-state index contributed by atoms with van der Waals surface area (Å²) in [6.07, 6.45) is 7.96. The predicted molar refractivity (Wildman–Crippen MR) is 77.1 cm³/mol. The molecule has 0 unspecified atom stereocenters. The molecule has 0 spiro atoms. The van der Waals surface area contributed by atoms with E-state index in [9.17, 15) is 4.39 Å². The van der Waals surface area contributed by atoms with E-state index in [1.54, 1.807) is 18.3 Å². The van der Waals surface area contributed by atoms with Crippen LogP contribution in [0, 0.1) is 5.82 Å². The third-order valence-electron chi connectivity index (χ3n) is 4.04. The van der Waals surface area contributed by atoms with Gasteiger partial charge in [-0.15, -0.1) is 0 Å². The summed E-state index contributed by atoms with van der Waals surface area (Å²) in [5.74, 6) is 1.45. The number of H-pyrrole nitrogens is 1. The third kappa shape index (κ3) is 3.25. The molecule has 0 radical (unpaired) electrons. The van der Waals surface area contributed by atoms with Crippen LogP contribution in [-0.2, 0) is 6.42 Å². The number of halogens is 1. The minimum Gasteiger partial charge on any atom is -0.349 e. The molecule has 2 N–H and O–H groups in total. The lowest BCUT2D eigenvalue weighted by molar-refractivity contribution is 0.290. The van der Waals surface area contributed by atoms with Crippen LogP contribution >= 0.6 is 0 Å². The normalized spacial score (nSPS) is 21.6. The molecule has 1 aromatic carbocycles. The van der Waals surface area contributed by atoms with Gasteiger partial charge in [-0.2, -0.15) is 0 Å². The van der Waals surface area contributed by atoms with E-state index in [-0.39, 0.29) is 5.82 Å². The topological polar surface area (TPSA) is 40.7 Å². The highest BCUT2D eigenvalue weighted by Crippen LogP contribution is 2.36. The zero-order valence-electron chi connectivity index (χ0n) is 11.5. The van der Waals surface area contributed by atoms with Gasteiger partial charge in [-0.3, -0.25) is 0 Å². The molecule has 0 saturated heterocycles. The summed E-state index contributed by atoms with van der Waals surface area (Å²) in [6, 6.07) is 7.58. The largest absolute Gasteiger partial charge is 0.349 e. The Labute approximate surface area is 118 Å². The molecule has 3 rings (SSSR count). The van der Waals surface area contributed by atoms with Crippen molar-refractivity contribution < 1.29 is 4.39 Å². The molecule has 1 aliphatic rings. The molecule has 0 aliphatic heterocycles. The molecule has 0 amide bonds. The summed E-state index contributed by atoms with van der Waals surface area (Å²) in [5, 5.41) is 3.56. The van der Waals surface area contributed by atoms with Crippen LogP contribution in [0.1, 0.15) is 36.6 Å². The number of benzene rings is 1. The number of hydrogen-bond acceptors (Lipinski definition) is 2. The van der Waals surface area contributed by atoms with E-state index in [0.717, 1.165) is 43.6 Å². The monoisotopic (exact) mass is 273 g/mol. The first-order chi connectivity index (χ1) is 9.81. The molecule has 1 fully saturated rings. The van der Waals surface area contributed by atoms with Crippen molar-refractivity contribution in [1.82, 2.24) is 15.3 Å². The Morgan fingerprint density at radius 2 is 2.25 bits per heavy atom. The molecule has 106 valence electrons. The fourth-order valence-corrected chi connectivity index (χ4v) is 2.81. The van der Waals surface area contributed by atoms with E-state index in [1.807, 2.05) is 12.3 Å². The number of aromatic nitrogens is 2. The molecule has 3 nitrogen and oxygen atoms in total. The summed E-state index contributed by atoms with van der Waals surface area (Å²) in [4.78, 5) is 7.32. The summed E-state index contributed by atoms with van der Waals surface area (Å²) in [6.45, 7) is 1.02. The SMILES string of the molecule is Fc1cccc(C2CC(NCCCc3ncc[nH]3)C2)c1. The van der Waals surface area contributed by atoms with Crippen LogP contribution in [0.15, 0.2) is 36.7 Å². The molecule has 2 aromatic rings. The minimum absolute atomic E-state index is 0.127. The smallest absolute Gasteiger partial charge is 0.123 e. The van der Waals surface area contributed by atoms with E-state index in [2.05, 4.69) is 15.3 Å². The number of imidazole rings is 1. The maximum atomic E-state index is 13.1. The summed E-state index contributed by atoms with van der Waals surface area (Å²) < 4.78 is 13.1. The molecule has 0 bridgehead atoms. The summed E-state index contributed by atoms with van der Waals surface area (Å²) >= 11 is 0. The fraction of sp³-hybridized carbons (Fsp3) is 0.438. The van der Waals surface area contributed by atoms with Crippen LogP contribution in [0.2, 0.25) is 0 Å². The zero-order chi connectivity index (χ0) is 13.8. The average molecular weight is 273 g/mol. The van der Waals surface area contributed by atoms with Crippen LogP contribution in [0.4, 0.5) is 4.39 Å². The third-order valence-corrected chi connectivity index (χ3v) is 4.04. The Hall–Kier alpha value is -1.68. The molecule has 1 aliphatic carbocycles. The molecule has 1 heterocycles. The van der Waals surface area contributed by atoms with E-state index >= 15 is 0 Å². The molecule has 0 atom stereocenters. The van der Waals surface area contributed by atoms with E-state index in [0.29, 0.717) is 12.0 Å². The van der Waals surface area contributed by atoms with Gasteiger partial charge in [0.25, 0.3) is 0 Å². The number of aromatic amines is 1. The Bertz CT molecular complexity index is 532. The number of hydrogen-bond donors (Lipinski definition) is 2. The standard InChI is InChI=1S/C16H20FN3/c17-14-4-1-3-12(9-14)13-10-15(11-13)18-6-2-5-16-19-7-8-20-16/h1,3-4,7-9,13,15,18H,2,5-6,10-11H2,(H,19,20). The maximum Gasteiger partial charge on any atom is 0.123 e. The van der Waals surface area contributed by atoms with Crippen LogP contribution in [0.5, 0.6) is 0 Å². The lowest BCUT2D eigenvalue weighted by Gasteiger charge is -2.36. The van der Waals surface area contributed by atoms with E-state index in [1.165, 1.54) is 6.07 Å². The quantitative estimate of drug-likeness (QED) is 0.794. The van der Waals surface area contributed by atoms with Gasteiger partial charge in [-0.25, -0.2) is 9.37 Å². The molecular formula is C16H20FN3. The highest BCUT2D eigenvalue weighted by Gasteiger charge is 2.29. The number of nitrogens with one attached hydrogen (secondary N) is 2. The van der Waals surface area contributed by atoms with E-state index < -0.39 is 0 Å². The van der Waals surface area contributed by atoms with Crippen molar-refractivity contribution in [3.8, 4) is 0 Å². The van der Waals surface area contributed by atoms with Crippen molar-refractivity contribution in [3.63, 3.8) is 0 Å². The van der Waals surface area contributed by atoms with Crippen molar-refractivity contribution in [2.24, 2.45) is 0 Å². The van der Waals surface area contributed by atoms with Crippen LogP contribution in [0.25, 0.3) is 0 Å². The Kier molecular flexibility index (Phi) is 4.11. The zero-order valence-corrected chi connectivity index (χ0v) is 11.5. The first kappa shape index (κ1) is 13.3. The van der Waals surface area contributed by atoms with Gasteiger partial charge < -0.3 is 10.3 Å². The number of rotatable bonds is 6. The van der Waals surface area contributed by atoms with Gasteiger partial charge in [-0.05, 0) is 49.4 Å². The van der Waals surface area contributed by atoms with Crippen LogP contribution in [0.3, 0.4) is 0 Å². The Morgan fingerprint density at radius 1 is 1.35 bits per heavy atom.